The monoisotopic (exact) mass is 375 g/mol. The van der Waals surface area contributed by atoms with Crippen molar-refractivity contribution in [3.05, 3.63) is 53.1 Å². The van der Waals surface area contributed by atoms with E-state index in [9.17, 15) is 0 Å². The molecule has 3 aromatic rings. The van der Waals surface area contributed by atoms with Crippen molar-refractivity contribution < 1.29 is 4.74 Å². The van der Waals surface area contributed by atoms with Gasteiger partial charge in [-0.1, -0.05) is 35.1 Å². The van der Waals surface area contributed by atoms with Gasteiger partial charge in [-0.05, 0) is 50.0 Å². The maximum absolute atomic E-state index is 6.12. The summed E-state index contributed by atoms with van der Waals surface area (Å²) in [6.07, 6.45) is 0. The second kappa shape index (κ2) is 8.04. The third-order valence-electron chi connectivity index (χ3n) is 3.96. The molecule has 0 saturated heterocycles. The number of aromatic nitrogens is 1. The topological polar surface area (TPSA) is 28.6 Å². The Hall–Kier alpha value is -1.82. The highest BCUT2D eigenvalue weighted by Crippen LogP contribution is 2.31. The summed E-state index contributed by atoms with van der Waals surface area (Å²) in [6, 6.07) is 14.1. The standard InChI is InChI=1S/C19H22ClN3OS/c1-22(2)10-11-23(13-14-4-7-16(24-3)8-5-14)19-21-17-9-6-15(20)12-18(17)25-19/h4-9,12H,10-11,13H2,1-3H3. The predicted octanol–water partition coefficient (Wildman–Crippen LogP) is 4.53. The Kier molecular flexibility index (Phi) is 5.78. The van der Waals surface area contributed by atoms with E-state index in [4.69, 9.17) is 21.3 Å². The van der Waals surface area contributed by atoms with E-state index in [1.54, 1.807) is 18.4 Å². The number of likely N-dealkylation sites (N-methyl/N-ethyl adjacent to an activating group) is 1. The van der Waals surface area contributed by atoms with E-state index in [0.29, 0.717) is 0 Å². The summed E-state index contributed by atoms with van der Waals surface area (Å²) in [6.45, 7) is 2.69. The van der Waals surface area contributed by atoms with E-state index < -0.39 is 0 Å². The van der Waals surface area contributed by atoms with Crippen molar-refractivity contribution in [1.82, 2.24) is 9.88 Å². The quantitative estimate of drug-likeness (QED) is 0.606. The van der Waals surface area contributed by atoms with Crippen LogP contribution in [-0.4, -0.2) is 44.2 Å². The van der Waals surface area contributed by atoms with Gasteiger partial charge in [0.1, 0.15) is 5.75 Å². The van der Waals surface area contributed by atoms with Crippen LogP contribution in [0.4, 0.5) is 5.13 Å². The third kappa shape index (κ3) is 4.63. The Morgan fingerprint density at radius 1 is 1.08 bits per heavy atom. The Morgan fingerprint density at radius 2 is 1.84 bits per heavy atom. The molecule has 0 aliphatic carbocycles. The molecule has 1 heterocycles. The molecule has 0 fully saturated rings. The lowest BCUT2D eigenvalue weighted by Crippen LogP contribution is -2.31. The minimum Gasteiger partial charge on any atom is -0.497 e. The van der Waals surface area contributed by atoms with E-state index in [-0.39, 0.29) is 0 Å². The van der Waals surface area contributed by atoms with Crippen LogP contribution in [0.25, 0.3) is 10.2 Å². The van der Waals surface area contributed by atoms with Gasteiger partial charge in [-0.25, -0.2) is 4.98 Å². The van der Waals surface area contributed by atoms with E-state index >= 15 is 0 Å². The molecule has 0 aliphatic rings. The van der Waals surface area contributed by atoms with Crippen molar-refractivity contribution in [2.75, 3.05) is 39.2 Å². The summed E-state index contributed by atoms with van der Waals surface area (Å²) >= 11 is 7.80. The molecule has 0 aliphatic heterocycles. The van der Waals surface area contributed by atoms with Crippen LogP contribution in [0.15, 0.2) is 42.5 Å². The van der Waals surface area contributed by atoms with Gasteiger partial charge in [0.25, 0.3) is 0 Å². The molecule has 0 bridgehead atoms. The third-order valence-corrected chi connectivity index (χ3v) is 5.27. The Bertz CT molecular complexity index is 832. The number of thiazole rings is 1. The number of methoxy groups -OCH3 is 1. The summed E-state index contributed by atoms with van der Waals surface area (Å²) in [4.78, 5) is 9.31. The van der Waals surface area contributed by atoms with Gasteiger partial charge < -0.3 is 14.5 Å². The molecule has 132 valence electrons. The first-order chi connectivity index (χ1) is 12.0. The van der Waals surface area contributed by atoms with Gasteiger partial charge in [-0.3, -0.25) is 0 Å². The minimum atomic E-state index is 0.748. The molecule has 0 atom stereocenters. The smallest absolute Gasteiger partial charge is 0.186 e. The summed E-state index contributed by atoms with van der Waals surface area (Å²) in [5.41, 5.74) is 2.23. The molecule has 0 amide bonds. The number of nitrogens with zero attached hydrogens (tertiary/aromatic N) is 3. The van der Waals surface area contributed by atoms with Crippen molar-refractivity contribution in [1.29, 1.82) is 0 Å². The van der Waals surface area contributed by atoms with E-state index in [0.717, 1.165) is 45.8 Å². The zero-order valence-electron chi connectivity index (χ0n) is 14.7. The molecular formula is C19H22ClN3OS. The van der Waals surface area contributed by atoms with Crippen LogP contribution in [0.3, 0.4) is 0 Å². The van der Waals surface area contributed by atoms with Crippen LogP contribution in [0.5, 0.6) is 5.75 Å². The molecule has 6 heteroatoms. The molecule has 1 aromatic heterocycles. The van der Waals surface area contributed by atoms with Crippen molar-refractivity contribution in [3.8, 4) is 5.75 Å². The average Bonchev–Trinajstić information content (AvgIpc) is 3.01. The predicted molar refractivity (Wildman–Crippen MR) is 107 cm³/mol. The van der Waals surface area contributed by atoms with Crippen LogP contribution >= 0.6 is 22.9 Å². The van der Waals surface area contributed by atoms with Crippen LogP contribution in [0.1, 0.15) is 5.56 Å². The van der Waals surface area contributed by atoms with Gasteiger partial charge in [0.2, 0.25) is 0 Å². The maximum atomic E-state index is 6.12. The number of hydrogen-bond donors (Lipinski definition) is 0. The van der Waals surface area contributed by atoms with Crippen molar-refractivity contribution >= 4 is 38.3 Å². The number of halogens is 1. The lowest BCUT2D eigenvalue weighted by atomic mass is 10.2. The first-order valence-electron chi connectivity index (χ1n) is 8.14. The number of fused-ring (bicyclic) bond motifs is 1. The second-order valence-corrected chi connectivity index (χ2v) is 7.63. The van der Waals surface area contributed by atoms with Crippen LogP contribution in [0, 0.1) is 0 Å². The lowest BCUT2D eigenvalue weighted by molar-refractivity contribution is 0.412. The number of anilines is 1. The molecular weight excluding hydrogens is 354 g/mol. The highest BCUT2D eigenvalue weighted by Gasteiger charge is 2.14. The highest BCUT2D eigenvalue weighted by molar-refractivity contribution is 7.22. The maximum Gasteiger partial charge on any atom is 0.186 e. The van der Waals surface area contributed by atoms with Crippen molar-refractivity contribution in [2.45, 2.75) is 6.54 Å². The average molecular weight is 376 g/mol. The Balaban J connectivity index is 1.86. The molecule has 0 radical (unpaired) electrons. The molecule has 0 unspecified atom stereocenters. The van der Waals surface area contributed by atoms with Crippen molar-refractivity contribution in [3.63, 3.8) is 0 Å². The second-order valence-electron chi connectivity index (χ2n) is 6.18. The van der Waals surface area contributed by atoms with Crippen LogP contribution < -0.4 is 9.64 Å². The summed E-state index contributed by atoms with van der Waals surface area (Å²) < 4.78 is 6.36. The molecule has 3 rings (SSSR count). The molecule has 0 N–H and O–H groups in total. The molecule has 0 saturated carbocycles. The van der Waals surface area contributed by atoms with Gasteiger partial charge >= 0.3 is 0 Å². The Morgan fingerprint density at radius 3 is 2.52 bits per heavy atom. The first kappa shape index (κ1) is 18.0. The minimum absolute atomic E-state index is 0.748. The lowest BCUT2D eigenvalue weighted by Gasteiger charge is -2.24. The highest BCUT2D eigenvalue weighted by atomic mass is 35.5. The fraction of sp³-hybridized carbons (Fsp3) is 0.316. The molecule has 0 spiro atoms. The van der Waals surface area contributed by atoms with Gasteiger partial charge in [-0.15, -0.1) is 0 Å². The van der Waals surface area contributed by atoms with E-state index in [1.807, 2.05) is 30.3 Å². The zero-order valence-corrected chi connectivity index (χ0v) is 16.3. The normalized spacial score (nSPS) is 11.2. The Labute approximate surface area is 157 Å². The van der Waals surface area contributed by atoms with Gasteiger partial charge in [0, 0.05) is 24.7 Å². The fourth-order valence-corrected chi connectivity index (χ4v) is 3.80. The molecule has 2 aromatic carbocycles. The first-order valence-corrected chi connectivity index (χ1v) is 9.33. The van der Waals surface area contributed by atoms with Gasteiger partial charge in [-0.2, -0.15) is 0 Å². The molecule has 25 heavy (non-hydrogen) atoms. The van der Waals surface area contributed by atoms with E-state index in [2.05, 4.69) is 36.0 Å². The van der Waals surface area contributed by atoms with Crippen molar-refractivity contribution in [2.24, 2.45) is 0 Å². The summed E-state index contributed by atoms with van der Waals surface area (Å²) in [5.74, 6) is 0.873. The summed E-state index contributed by atoms with van der Waals surface area (Å²) in [7, 11) is 5.86. The number of ether oxygens (including phenoxy) is 1. The van der Waals surface area contributed by atoms with Gasteiger partial charge in [0.05, 0.1) is 17.3 Å². The van der Waals surface area contributed by atoms with Crippen LogP contribution in [-0.2, 0) is 6.54 Å². The van der Waals surface area contributed by atoms with Gasteiger partial charge in [0.15, 0.2) is 5.13 Å². The SMILES string of the molecule is COc1ccc(CN(CCN(C)C)c2nc3ccc(Cl)cc3s2)cc1. The zero-order chi connectivity index (χ0) is 17.8. The van der Waals surface area contributed by atoms with Crippen LogP contribution in [0.2, 0.25) is 5.02 Å². The largest absolute Gasteiger partial charge is 0.497 e. The number of benzene rings is 2. The number of hydrogen-bond acceptors (Lipinski definition) is 5. The summed E-state index contributed by atoms with van der Waals surface area (Å²) in [5, 5.41) is 1.77. The van der Waals surface area contributed by atoms with E-state index in [1.165, 1.54) is 5.56 Å². The molecule has 4 nitrogen and oxygen atoms in total. The number of rotatable bonds is 7. The fourth-order valence-electron chi connectivity index (χ4n) is 2.54.